The van der Waals surface area contributed by atoms with Crippen molar-refractivity contribution >= 4 is 26.5 Å². The summed E-state index contributed by atoms with van der Waals surface area (Å²) >= 11 is 6.13. The van der Waals surface area contributed by atoms with E-state index in [2.05, 4.69) is 0 Å². The maximum atomic E-state index is 12.2. The zero-order valence-corrected chi connectivity index (χ0v) is 12.4. The molecule has 2 aromatic rings. The summed E-state index contributed by atoms with van der Waals surface area (Å²) in [5, 5.41) is 1.16. The normalized spacial score (nSPS) is 12.2. The van der Waals surface area contributed by atoms with Gasteiger partial charge in [0.2, 0.25) is 9.84 Å². The molecule has 0 aliphatic heterocycles. The van der Waals surface area contributed by atoms with Crippen molar-refractivity contribution in [2.24, 2.45) is 0 Å². The van der Waals surface area contributed by atoms with Crippen molar-refractivity contribution in [1.29, 1.82) is 0 Å². The third kappa shape index (κ3) is 3.21. The van der Waals surface area contributed by atoms with Crippen LogP contribution in [0.25, 0.3) is 5.03 Å². The van der Waals surface area contributed by atoms with Crippen LogP contribution < -0.4 is 4.74 Å². The Hall–Kier alpha value is -1.78. The van der Waals surface area contributed by atoms with Gasteiger partial charge in [-0.15, -0.1) is 0 Å². The van der Waals surface area contributed by atoms with Crippen molar-refractivity contribution in [2.75, 3.05) is 7.11 Å². The molecule has 0 aliphatic carbocycles. The van der Waals surface area contributed by atoms with E-state index >= 15 is 0 Å². The maximum Gasteiger partial charge on any atom is 0.201 e. The second kappa shape index (κ2) is 6.11. The van der Waals surface area contributed by atoms with Gasteiger partial charge in [-0.3, -0.25) is 0 Å². The number of rotatable bonds is 4. The Labute approximate surface area is 123 Å². The zero-order valence-electron chi connectivity index (χ0n) is 10.8. The summed E-state index contributed by atoms with van der Waals surface area (Å²) in [5.74, 6) is 0.525. The molecule has 2 rings (SSSR count). The van der Waals surface area contributed by atoms with Crippen molar-refractivity contribution in [2.45, 2.75) is 4.90 Å². The fourth-order valence-electron chi connectivity index (χ4n) is 1.72. The molecule has 20 heavy (non-hydrogen) atoms. The molecule has 0 fully saturated rings. The molecule has 0 amide bonds. The molecule has 0 radical (unpaired) electrons. The van der Waals surface area contributed by atoms with Crippen LogP contribution in [-0.4, -0.2) is 15.5 Å². The molecule has 0 aromatic heterocycles. The van der Waals surface area contributed by atoms with Crippen LogP contribution in [0.1, 0.15) is 5.56 Å². The van der Waals surface area contributed by atoms with Crippen LogP contribution in [0.3, 0.4) is 0 Å². The standard InChI is InChI=1S/C15H13ClO3S/c1-19-15-10-6-5-9-13(15)14(16)11-20(17,18)12-7-3-2-4-8-12/h2-11H,1H3/b14-11-. The Balaban J connectivity index is 2.45. The van der Waals surface area contributed by atoms with Crippen LogP contribution in [-0.2, 0) is 9.84 Å². The van der Waals surface area contributed by atoms with E-state index in [-0.39, 0.29) is 9.93 Å². The van der Waals surface area contributed by atoms with Crippen molar-refractivity contribution in [3.8, 4) is 5.75 Å². The SMILES string of the molecule is COc1ccccc1/C(Cl)=C/S(=O)(=O)c1ccccc1. The van der Waals surface area contributed by atoms with Crippen molar-refractivity contribution in [1.82, 2.24) is 0 Å². The van der Waals surface area contributed by atoms with Crippen LogP contribution in [0, 0.1) is 0 Å². The lowest BCUT2D eigenvalue weighted by Gasteiger charge is -2.07. The zero-order chi connectivity index (χ0) is 14.6. The molecule has 0 saturated heterocycles. The van der Waals surface area contributed by atoms with Crippen LogP contribution >= 0.6 is 11.6 Å². The maximum absolute atomic E-state index is 12.2. The minimum atomic E-state index is -3.58. The number of para-hydroxylation sites is 1. The van der Waals surface area contributed by atoms with E-state index < -0.39 is 9.84 Å². The number of halogens is 1. The highest BCUT2D eigenvalue weighted by atomic mass is 35.5. The number of hydrogen-bond acceptors (Lipinski definition) is 3. The van der Waals surface area contributed by atoms with Crippen LogP contribution in [0.15, 0.2) is 64.9 Å². The van der Waals surface area contributed by atoms with E-state index in [0.717, 1.165) is 5.41 Å². The summed E-state index contributed by atoms with van der Waals surface area (Å²) < 4.78 is 29.6. The summed E-state index contributed by atoms with van der Waals surface area (Å²) in [6.07, 6.45) is 0. The largest absolute Gasteiger partial charge is 0.496 e. The first-order valence-electron chi connectivity index (χ1n) is 5.85. The number of benzene rings is 2. The van der Waals surface area contributed by atoms with Gasteiger partial charge in [-0.1, -0.05) is 41.9 Å². The Morgan fingerprint density at radius 2 is 1.65 bits per heavy atom. The molecule has 104 valence electrons. The summed E-state index contributed by atoms with van der Waals surface area (Å²) in [7, 11) is -2.07. The highest BCUT2D eigenvalue weighted by Crippen LogP contribution is 2.30. The molecule has 0 atom stereocenters. The molecule has 0 aliphatic rings. The second-order valence-electron chi connectivity index (χ2n) is 4.02. The highest BCUT2D eigenvalue weighted by molar-refractivity contribution is 7.94. The molecule has 5 heteroatoms. The summed E-state index contributed by atoms with van der Waals surface area (Å²) in [6.45, 7) is 0. The fourth-order valence-corrected chi connectivity index (χ4v) is 3.30. The molecule has 0 spiro atoms. The predicted octanol–water partition coefficient (Wildman–Crippen LogP) is 3.71. The lowest BCUT2D eigenvalue weighted by Crippen LogP contribution is -1.97. The lowest BCUT2D eigenvalue weighted by molar-refractivity contribution is 0.414. The summed E-state index contributed by atoms with van der Waals surface area (Å²) in [5.41, 5.74) is 0.538. The van der Waals surface area contributed by atoms with Gasteiger partial charge in [0, 0.05) is 5.56 Å². The lowest BCUT2D eigenvalue weighted by atomic mass is 10.2. The van der Waals surface area contributed by atoms with Gasteiger partial charge < -0.3 is 4.74 Å². The minimum absolute atomic E-state index is 0.117. The van der Waals surface area contributed by atoms with Crippen LogP contribution in [0.4, 0.5) is 0 Å². The van der Waals surface area contributed by atoms with Gasteiger partial charge in [0.25, 0.3) is 0 Å². The highest BCUT2D eigenvalue weighted by Gasteiger charge is 2.14. The Kier molecular flexibility index (Phi) is 4.47. The first-order chi connectivity index (χ1) is 9.54. The Morgan fingerprint density at radius 3 is 2.30 bits per heavy atom. The molecule has 0 N–H and O–H groups in total. The van der Waals surface area contributed by atoms with Gasteiger partial charge in [-0.05, 0) is 24.3 Å². The van der Waals surface area contributed by atoms with E-state index in [1.807, 2.05) is 0 Å². The summed E-state index contributed by atoms with van der Waals surface area (Å²) in [4.78, 5) is 0.202. The van der Waals surface area contributed by atoms with Gasteiger partial charge in [0.15, 0.2) is 0 Å². The average molecular weight is 309 g/mol. The Bertz CT molecular complexity index is 722. The predicted molar refractivity (Wildman–Crippen MR) is 80.5 cm³/mol. The van der Waals surface area contributed by atoms with Gasteiger partial charge in [0.05, 0.1) is 22.4 Å². The fraction of sp³-hybridized carbons (Fsp3) is 0.0667. The van der Waals surface area contributed by atoms with Gasteiger partial charge in [0.1, 0.15) is 5.75 Å². The molecule has 2 aromatic carbocycles. The minimum Gasteiger partial charge on any atom is -0.496 e. The van der Waals surface area contributed by atoms with E-state index in [1.54, 1.807) is 42.5 Å². The first-order valence-corrected chi connectivity index (χ1v) is 7.78. The molecule has 3 nitrogen and oxygen atoms in total. The van der Waals surface area contributed by atoms with E-state index in [1.165, 1.54) is 19.2 Å². The van der Waals surface area contributed by atoms with Gasteiger partial charge >= 0.3 is 0 Å². The van der Waals surface area contributed by atoms with Gasteiger partial charge in [-0.2, -0.15) is 0 Å². The van der Waals surface area contributed by atoms with Crippen LogP contribution in [0.2, 0.25) is 0 Å². The van der Waals surface area contributed by atoms with Gasteiger partial charge in [-0.25, -0.2) is 8.42 Å². The number of hydrogen-bond donors (Lipinski definition) is 0. The number of ether oxygens (including phenoxy) is 1. The average Bonchev–Trinajstić information content (AvgIpc) is 2.47. The molecular weight excluding hydrogens is 296 g/mol. The van der Waals surface area contributed by atoms with Crippen molar-refractivity contribution in [3.63, 3.8) is 0 Å². The van der Waals surface area contributed by atoms with Crippen LogP contribution in [0.5, 0.6) is 5.75 Å². The quantitative estimate of drug-likeness (QED) is 0.865. The van der Waals surface area contributed by atoms with Crippen molar-refractivity contribution < 1.29 is 13.2 Å². The number of methoxy groups -OCH3 is 1. The molecular formula is C15H13ClO3S. The van der Waals surface area contributed by atoms with Crippen molar-refractivity contribution in [3.05, 3.63) is 65.6 Å². The smallest absolute Gasteiger partial charge is 0.201 e. The molecule has 0 bridgehead atoms. The monoisotopic (exact) mass is 308 g/mol. The third-order valence-corrected chi connectivity index (χ3v) is 4.61. The Morgan fingerprint density at radius 1 is 1.05 bits per heavy atom. The topological polar surface area (TPSA) is 43.4 Å². The first kappa shape index (κ1) is 14.6. The third-order valence-electron chi connectivity index (χ3n) is 2.69. The van der Waals surface area contributed by atoms with E-state index in [9.17, 15) is 8.42 Å². The number of sulfone groups is 1. The van der Waals surface area contributed by atoms with E-state index in [4.69, 9.17) is 16.3 Å². The summed E-state index contributed by atoms with van der Waals surface area (Å²) in [6, 6.07) is 15.1. The molecule has 0 unspecified atom stereocenters. The molecule has 0 saturated carbocycles. The molecule has 0 heterocycles. The van der Waals surface area contributed by atoms with E-state index in [0.29, 0.717) is 11.3 Å². The second-order valence-corrected chi connectivity index (χ2v) is 6.23.